The summed E-state index contributed by atoms with van der Waals surface area (Å²) in [4.78, 5) is 12.2. The molecule has 3 aromatic rings. The number of rotatable bonds is 9. The van der Waals surface area contributed by atoms with Crippen molar-refractivity contribution in [2.45, 2.75) is 18.3 Å². The quantitative estimate of drug-likeness (QED) is 0.365. The van der Waals surface area contributed by atoms with Crippen molar-refractivity contribution in [3.05, 3.63) is 77.1 Å². The third kappa shape index (κ3) is 6.00. The van der Waals surface area contributed by atoms with Crippen molar-refractivity contribution < 1.29 is 9.53 Å². The van der Waals surface area contributed by atoms with Crippen LogP contribution < -0.4 is 10.1 Å². The van der Waals surface area contributed by atoms with Gasteiger partial charge in [0.05, 0.1) is 10.8 Å². The summed E-state index contributed by atoms with van der Waals surface area (Å²) in [5.41, 5.74) is 0.682. The zero-order valence-electron chi connectivity index (χ0n) is 15.3. The van der Waals surface area contributed by atoms with Crippen LogP contribution in [0.1, 0.15) is 5.82 Å². The standard InChI is InChI=1S/C20H18Cl2N4O2S/c1-2-11-26-18(12-28-17-6-4-3-5-16(17)22)24-25-20(26)29-13-19(27)23-15-9-7-14(21)8-10-15/h2-10H,1,11-13H2,(H,23,27). The van der Waals surface area contributed by atoms with Crippen LogP contribution in [0.4, 0.5) is 5.69 Å². The zero-order valence-corrected chi connectivity index (χ0v) is 17.7. The van der Waals surface area contributed by atoms with Gasteiger partial charge < -0.3 is 10.1 Å². The Hall–Kier alpha value is -2.48. The number of halogens is 2. The van der Waals surface area contributed by atoms with E-state index in [-0.39, 0.29) is 18.3 Å². The summed E-state index contributed by atoms with van der Waals surface area (Å²) in [6.07, 6.45) is 1.74. The predicted molar refractivity (Wildman–Crippen MR) is 117 cm³/mol. The number of anilines is 1. The third-order valence-electron chi connectivity index (χ3n) is 3.76. The van der Waals surface area contributed by atoms with Crippen LogP contribution in [0.2, 0.25) is 10.0 Å². The van der Waals surface area contributed by atoms with Crippen molar-refractivity contribution in [3.8, 4) is 5.75 Å². The van der Waals surface area contributed by atoms with Crippen LogP contribution in [0.3, 0.4) is 0 Å². The number of nitrogens with zero attached hydrogens (tertiary/aromatic N) is 3. The number of thioether (sulfide) groups is 1. The Balaban J connectivity index is 1.61. The van der Waals surface area contributed by atoms with Crippen LogP contribution in [0.25, 0.3) is 0 Å². The molecule has 9 heteroatoms. The van der Waals surface area contributed by atoms with E-state index in [4.69, 9.17) is 27.9 Å². The highest BCUT2D eigenvalue weighted by molar-refractivity contribution is 7.99. The van der Waals surface area contributed by atoms with E-state index in [2.05, 4.69) is 22.1 Å². The van der Waals surface area contributed by atoms with Crippen LogP contribution in [0, 0.1) is 0 Å². The minimum absolute atomic E-state index is 0.153. The third-order valence-corrected chi connectivity index (χ3v) is 5.29. The van der Waals surface area contributed by atoms with E-state index in [9.17, 15) is 4.79 Å². The molecule has 1 aromatic heterocycles. The highest BCUT2D eigenvalue weighted by atomic mass is 35.5. The number of ether oxygens (including phenoxy) is 1. The summed E-state index contributed by atoms with van der Waals surface area (Å²) in [6, 6.07) is 14.1. The van der Waals surface area contributed by atoms with Gasteiger partial charge in [-0.2, -0.15) is 0 Å². The second kappa shape index (κ2) is 10.3. The normalized spacial score (nSPS) is 10.6. The number of carbonyl (C=O) groups is 1. The predicted octanol–water partition coefficient (Wildman–Crippen LogP) is 5.08. The SMILES string of the molecule is C=CCn1c(COc2ccccc2Cl)nnc1SCC(=O)Nc1ccc(Cl)cc1. The lowest BCUT2D eigenvalue weighted by molar-refractivity contribution is -0.113. The summed E-state index contributed by atoms with van der Waals surface area (Å²) < 4.78 is 7.60. The molecule has 29 heavy (non-hydrogen) atoms. The largest absolute Gasteiger partial charge is 0.484 e. The maximum Gasteiger partial charge on any atom is 0.234 e. The van der Waals surface area contributed by atoms with E-state index in [1.807, 2.05) is 16.7 Å². The lowest BCUT2D eigenvalue weighted by Crippen LogP contribution is -2.15. The van der Waals surface area contributed by atoms with Crippen molar-refractivity contribution in [1.29, 1.82) is 0 Å². The molecular formula is C20H18Cl2N4O2S. The number of benzene rings is 2. The van der Waals surface area contributed by atoms with E-state index >= 15 is 0 Å². The Morgan fingerprint density at radius 1 is 1.17 bits per heavy atom. The van der Waals surface area contributed by atoms with Gasteiger partial charge in [-0.1, -0.05) is 53.2 Å². The van der Waals surface area contributed by atoms with Crippen LogP contribution in [-0.2, 0) is 17.9 Å². The molecule has 1 amide bonds. The minimum atomic E-state index is -0.153. The van der Waals surface area contributed by atoms with Gasteiger partial charge >= 0.3 is 0 Å². The van der Waals surface area contributed by atoms with E-state index in [0.29, 0.717) is 39.0 Å². The average Bonchev–Trinajstić information content (AvgIpc) is 3.09. The van der Waals surface area contributed by atoms with Gasteiger partial charge in [0.2, 0.25) is 5.91 Å². The van der Waals surface area contributed by atoms with Gasteiger partial charge in [0, 0.05) is 17.3 Å². The first kappa shape index (κ1) is 21.2. The molecule has 0 spiro atoms. The first-order valence-electron chi connectivity index (χ1n) is 8.65. The van der Waals surface area contributed by atoms with Gasteiger partial charge in [0.1, 0.15) is 12.4 Å². The smallest absolute Gasteiger partial charge is 0.234 e. The molecule has 0 radical (unpaired) electrons. The molecule has 2 aromatic carbocycles. The number of allylic oxidation sites excluding steroid dienone is 1. The number of hydrogen-bond acceptors (Lipinski definition) is 5. The van der Waals surface area contributed by atoms with E-state index in [1.165, 1.54) is 11.8 Å². The Bertz CT molecular complexity index is 992. The van der Waals surface area contributed by atoms with Crippen molar-refractivity contribution >= 4 is 46.6 Å². The van der Waals surface area contributed by atoms with Crippen LogP contribution in [-0.4, -0.2) is 26.4 Å². The first-order valence-corrected chi connectivity index (χ1v) is 10.4. The van der Waals surface area contributed by atoms with Crippen molar-refractivity contribution in [2.24, 2.45) is 0 Å². The van der Waals surface area contributed by atoms with E-state index < -0.39 is 0 Å². The molecular weight excluding hydrogens is 431 g/mol. The molecule has 0 aliphatic carbocycles. The molecule has 0 saturated heterocycles. The van der Waals surface area contributed by atoms with Crippen LogP contribution >= 0.6 is 35.0 Å². The van der Waals surface area contributed by atoms with E-state index in [0.717, 1.165) is 0 Å². The molecule has 1 N–H and O–H groups in total. The second-order valence-electron chi connectivity index (χ2n) is 5.86. The fraction of sp³-hybridized carbons (Fsp3) is 0.150. The van der Waals surface area contributed by atoms with Gasteiger partial charge in [-0.3, -0.25) is 9.36 Å². The van der Waals surface area contributed by atoms with Gasteiger partial charge in [-0.25, -0.2) is 0 Å². The zero-order chi connectivity index (χ0) is 20.6. The molecule has 0 saturated carbocycles. The molecule has 3 rings (SSSR count). The summed E-state index contributed by atoms with van der Waals surface area (Å²) in [5.74, 6) is 1.21. The molecule has 0 unspecified atom stereocenters. The topological polar surface area (TPSA) is 69.0 Å². The van der Waals surface area contributed by atoms with Crippen molar-refractivity contribution in [3.63, 3.8) is 0 Å². The number of carbonyl (C=O) groups excluding carboxylic acids is 1. The molecule has 150 valence electrons. The van der Waals surface area contributed by atoms with Crippen molar-refractivity contribution in [2.75, 3.05) is 11.1 Å². The Labute approximate surface area is 182 Å². The minimum Gasteiger partial charge on any atom is -0.484 e. The molecule has 0 fully saturated rings. The van der Waals surface area contributed by atoms with Gasteiger partial charge in [0.25, 0.3) is 0 Å². The lowest BCUT2D eigenvalue weighted by Gasteiger charge is -2.10. The molecule has 6 nitrogen and oxygen atoms in total. The Kier molecular flexibility index (Phi) is 7.57. The monoisotopic (exact) mass is 448 g/mol. The van der Waals surface area contributed by atoms with E-state index in [1.54, 1.807) is 42.5 Å². The molecule has 0 atom stereocenters. The molecule has 0 aliphatic rings. The summed E-state index contributed by atoms with van der Waals surface area (Å²) in [6.45, 7) is 4.46. The average molecular weight is 449 g/mol. The van der Waals surface area contributed by atoms with Crippen LogP contribution in [0.5, 0.6) is 5.75 Å². The summed E-state index contributed by atoms with van der Waals surface area (Å²) >= 11 is 13.3. The number of aromatic nitrogens is 3. The lowest BCUT2D eigenvalue weighted by atomic mass is 10.3. The summed E-state index contributed by atoms with van der Waals surface area (Å²) in [5, 5.41) is 12.9. The maximum atomic E-state index is 12.2. The fourth-order valence-electron chi connectivity index (χ4n) is 2.41. The molecule has 1 heterocycles. The highest BCUT2D eigenvalue weighted by Gasteiger charge is 2.14. The summed E-state index contributed by atoms with van der Waals surface area (Å²) in [7, 11) is 0. The first-order chi connectivity index (χ1) is 14.1. The van der Waals surface area contributed by atoms with Gasteiger partial charge in [-0.05, 0) is 36.4 Å². The van der Waals surface area contributed by atoms with Gasteiger partial charge in [-0.15, -0.1) is 16.8 Å². The van der Waals surface area contributed by atoms with Crippen molar-refractivity contribution in [1.82, 2.24) is 14.8 Å². The number of hydrogen-bond donors (Lipinski definition) is 1. The Morgan fingerprint density at radius 2 is 1.93 bits per heavy atom. The number of para-hydroxylation sites is 1. The molecule has 0 aliphatic heterocycles. The highest BCUT2D eigenvalue weighted by Crippen LogP contribution is 2.25. The number of amides is 1. The fourth-order valence-corrected chi connectivity index (χ4v) is 3.49. The second-order valence-corrected chi connectivity index (χ2v) is 7.65. The Morgan fingerprint density at radius 3 is 2.66 bits per heavy atom. The maximum absolute atomic E-state index is 12.2. The van der Waals surface area contributed by atoms with Crippen LogP contribution in [0.15, 0.2) is 66.3 Å². The number of nitrogens with one attached hydrogen (secondary N) is 1. The molecule has 0 bridgehead atoms. The van der Waals surface area contributed by atoms with Gasteiger partial charge in [0.15, 0.2) is 11.0 Å².